The Balaban J connectivity index is 2.23. The van der Waals surface area contributed by atoms with Crippen LogP contribution in [0, 0.1) is 13.8 Å². The van der Waals surface area contributed by atoms with Crippen molar-refractivity contribution in [3.63, 3.8) is 0 Å². The van der Waals surface area contributed by atoms with Gasteiger partial charge >= 0.3 is 0 Å². The third-order valence-corrected chi connectivity index (χ3v) is 4.53. The molecule has 0 spiro atoms. The van der Waals surface area contributed by atoms with E-state index in [0.717, 1.165) is 22.3 Å². The Kier molecular flexibility index (Phi) is 3.79. The monoisotopic (exact) mass is 310 g/mol. The van der Waals surface area contributed by atoms with Crippen LogP contribution in [-0.4, -0.2) is 17.3 Å². The molecule has 1 aliphatic heterocycles. The Bertz CT molecular complexity index is 687. The molecule has 3 rings (SSSR count). The van der Waals surface area contributed by atoms with Crippen molar-refractivity contribution in [2.45, 2.75) is 19.4 Å². The lowest BCUT2D eigenvalue weighted by atomic mass is 9.82. The maximum atomic E-state index is 12.8. The molecule has 2 aromatic carbocycles. The van der Waals surface area contributed by atoms with E-state index < -0.39 is 5.54 Å². The highest BCUT2D eigenvalue weighted by Gasteiger charge is 2.46. The molecule has 1 aliphatic rings. The average molecular weight is 310 g/mol. The number of benzene rings is 2. The fourth-order valence-electron chi connectivity index (χ4n) is 2.66. The summed E-state index contributed by atoms with van der Waals surface area (Å²) in [6, 6.07) is 16.0. The predicted octanol–water partition coefficient (Wildman–Crippen LogP) is 3.40. The zero-order valence-corrected chi connectivity index (χ0v) is 13.7. The van der Waals surface area contributed by atoms with Crippen LogP contribution in [-0.2, 0) is 10.3 Å². The molecule has 0 aliphatic carbocycles. The van der Waals surface area contributed by atoms with Crippen molar-refractivity contribution in [2.24, 2.45) is 4.99 Å². The van der Waals surface area contributed by atoms with E-state index in [9.17, 15) is 4.79 Å². The number of aliphatic imine (C=N–C) groups is 1. The van der Waals surface area contributed by atoms with E-state index in [0.29, 0.717) is 5.17 Å². The van der Waals surface area contributed by atoms with Crippen molar-refractivity contribution in [2.75, 3.05) is 6.26 Å². The summed E-state index contributed by atoms with van der Waals surface area (Å²) in [6.07, 6.45) is 1.92. The van der Waals surface area contributed by atoms with Gasteiger partial charge in [-0.15, -0.1) is 0 Å². The van der Waals surface area contributed by atoms with Crippen molar-refractivity contribution in [1.82, 2.24) is 5.32 Å². The van der Waals surface area contributed by atoms with E-state index in [2.05, 4.69) is 5.32 Å². The number of nitrogens with one attached hydrogen (secondary N) is 1. The minimum Gasteiger partial charge on any atom is -0.303 e. The van der Waals surface area contributed by atoms with E-state index in [1.807, 2.05) is 68.6 Å². The number of rotatable bonds is 2. The maximum Gasteiger partial charge on any atom is 0.263 e. The molecule has 22 heavy (non-hydrogen) atoms. The van der Waals surface area contributed by atoms with Gasteiger partial charge < -0.3 is 5.32 Å². The van der Waals surface area contributed by atoms with Gasteiger partial charge in [-0.2, -0.15) is 0 Å². The number of thioether (sulfide) groups is 1. The Morgan fingerprint density at radius 1 is 0.909 bits per heavy atom. The summed E-state index contributed by atoms with van der Waals surface area (Å²) in [5, 5.41) is 3.55. The Morgan fingerprint density at radius 2 is 1.36 bits per heavy atom. The number of hydrogen-bond acceptors (Lipinski definition) is 3. The van der Waals surface area contributed by atoms with Crippen LogP contribution in [0.1, 0.15) is 22.3 Å². The van der Waals surface area contributed by atoms with E-state index in [1.165, 1.54) is 11.8 Å². The van der Waals surface area contributed by atoms with Gasteiger partial charge in [-0.05, 0) is 31.2 Å². The smallest absolute Gasteiger partial charge is 0.263 e. The lowest BCUT2D eigenvalue weighted by molar-refractivity contribution is -0.122. The molecule has 0 unspecified atom stereocenters. The molecule has 1 N–H and O–H groups in total. The summed E-state index contributed by atoms with van der Waals surface area (Å²) in [5.74, 6) is -0.0930. The predicted molar refractivity (Wildman–Crippen MR) is 92.2 cm³/mol. The first-order valence-electron chi connectivity index (χ1n) is 7.16. The van der Waals surface area contributed by atoms with E-state index in [4.69, 9.17) is 4.99 Å². The van der Waals surface area contributed by atoms with Gasteiger partial charge in [0.2, 0.25) is 0 Å². The van der Waals surface area contributed by atoms with Gasteiger partial charge in [0.1, 0.15) is 0 Å². The molecule has 0 aromatic heterocycles. The van der Waals surface area contributed by atoms with Gasteiger partial charge in [-0.3, -0.25) is 4.79 Å². The molecule has 2 aromatic rings. The largest absolute Gasteiger partial charge is 0.303 e. The summed E-state index contributed by atoms with van der Waals surface area (Å²) in [4.78, 5) is 17.5. The summed E-state index contributed by atoms with van der Waals surface area (Å²) >= 11 is 1.45. The summed E-state index contributed by atoms with van der Waals surface area (Å²) in [5.41, 5.74) is 3.12. The molecular weight excluding hydrogens is 292 g/mol. The number of carbonyl (C=O) groups excluding carboxylic acids is 1. The summed E-state index contributed by atoms with van der Waals surface area (Å²) < 4.78 is 0. The van der Waals surface area contributed by atoms with Crippen molar-refractivity contribution < 1.29 is 4.79 Å². The molecule has 4 heteroatoms. The molecule has 0 saturated heterocycles. The first-order valence-corrected chi connectivity index (χ1v) is 8.38. The summed E-state index contributed by atoms with van der Waals surface area (Å²) in [7, 11) is 0. The molecule has 3 nitrogen and oxygen atoms in total. The topological polar surface area (TPSA) is 41.5 Å². The lowest BCUT2D eigenvalue weighted by Crippen LogP contribution is -2.38. The molecule has 0 fully saturated rings. The zero-order valence-electron chi connectivity index (χ0n) is 12.9. The van der Waals surface area contributed by atoms with Crippen LogP contribution in [0.15, 0.2) is 53.5 Å². The highest BCUT2D eigenvalue weighted by Crippen LogP contribution is 2.38. The number of amides is 1. The Morgan fingerprint density at radius 3 is 1.73 bits per heavy atom. The van der Waals surface area contributed by atoms with Crippen LogP contribution in [0.3, 0.4) is 0 Å². The van der Waals surface area contributed by atoms with Gasteiger partial charge in [-0.1, -0.05) is 71.4 Å². The van der Waals surface area contributed by atoms with Crippen molar-refractivity contribution >= 4 is 22.8 Å². The van der Waals surface area contributed by atoms with E-state index in [1.54, 1.807) is 0 Å². The SMILES string of the molecule is CSC1=NC(c2ccc(C)cc2)(c2ccc(C)cc2)C(=O)N1. The second kappa shape index (κ2) is 5.61. The highest BCUT2D eigenvalue weighted by atomic mass is 32.2. The van der Waals surface area contributed by atoms with Crippen molar-refractivity contribution in [1.29, 1.82) is 0 Å². The van der Waals surface area contributed by atoms with Crippen LogP contribution >= 0.6 is 11.8 Å². The van der Waals surface area contributed by atoms with Gasteiger partial charge in [0.15, 0.2) is 10.7 Å². The molecule has 0 bridgehead atoms. The van der Waals surface area contributed by atoms with Crippen LogP contribution in [0.4, 0.5) is 0 Å². The normalized spacial score (nSPS) is 16.3. The second-order valence-corrected chi connectivity index (χ2v) is 6.31. The van der Waals surface area contributed by atoms with Crippen LogP contribution in [0.5, 0.6) is 0 Å². The maximum absolute atomic E-state index is 12.8. The van der Waals surface area contributed by atoms with Crippen LogP contribution in [0.2, 0.25) is 0 Å². The number of aryl methyl sites for hydroxylation is 2. The molecule has 0 radical (unpaired) electrons. The van der Waals surface area contributed by atoms with Gasteiger partial charge in [0, 0.05) is 0 Å². The third kappa shape index (κ3) is 2.33. The molecule has 0 atom stereocenters. The Labute approximate surface area is 134 Å². The van der Waals surface area contributed by atoms with E-state index in [-0.39, 0.29) is 5.91 Å². The van der Waals surface area contributed by atoms with Crippen molar-refractivity contribution in [3.8, 4) is 0 Å². The highest BCUT2D eigenvalue weighted by molar-refractivity contribution is 8.13. The van der Waals surface area contributed by atoms with Gasteiger partial charge in [-0.25, -0.2) is 4.99 Å². The standard InChI is InChI=1S/C18H18N2OS/c1-12-4-8-14(9-5-12)18(15-10-6-13(2)7-11-15)16(21)19-17(20-18)22-3/h4-11H,1-3H3,(H,19,20,21). The average Bonchev–Trinajstić information content (AvgIpc) is 2.86. The molecular formula is C18H18N2OS. The fourth-order valence-corrected chi connectivity index (χ4v) is 3.09. The zero-order chi connectivity index (χ0) is 15.7. The van der Waals surface area contributed by atoms with Gasteiger partial charge in [0.05, 0.1) is 0 Å². The van der Waals surface area contributed by atoms with Crippen molar-refractivity contribution in [3.05, 3.63) is 70.8 Å². The molecule has 0 saturated carbocycles. The lowest BCUT2D eigenvalue weighted by Gasteiger charge is -2.25. The first kappa shape index (κ1) is 14.9. The first-order chi connectivity index (χ1) is 10.6. The van der Waals surface area contributed by atoms with Gasteiger partial charge in [0.25, 0.3) is 5.91 Å². The second-order valence-electron chi connectivity index (χ2n) is 5.52. The number of amidine groups is 1. The Hall–Kier alpha value is -2.07. The fraction of sp³-hybridized carbons (Fsp3) is 0.222. The number of hydrogen-bond donors (Lipinski definition) is 1. The third-order valence-electron chi connectivity index (χ3n) is 3.95. The molecule has 1 amide bonds. The molecule has 1 heterocycles. The molecule has 112 valence electrons. The minimum absolute atomic E-state index is 0.0930. The van der Waals surface area contributed by atoms with E-state index >= 15 is 0 Å². The number of carbonyl (C=O) groups is 1. The quantitative estimate of drug-likeness (QED) is 0.923. The minimum atomic E-state index is -0.986. The van der Waals surface area contributed by atoms with Crippen LogP contribution in [0.25, 0.3) is 0 Å². The number of nitrogens with zero attached hydrogens (tertiary/aromatic N) is 1. The summed E-state index contributed by atoms with van der Waals surface area (Å²) in [6.45, 7) is 4.07. The van der Waals surface area contributed by atoms with Crippen LogP contribution < -0.4 is 5.32 Å².